The van der Waals surface area contributed by atoms with Crippen LogP contribution in [0.25, 0.3) is 16.6 Å². The fourth-order valence-corrected chi connectivity index (χ4v) is 5.88. The first-order valence-corrected chi connectivity index (χ1v) is 11.8. The van der Waals surface area contributed by atoms with Gasteiger partial charge in [-0.3, -0.25) is 9.69 Å². The van der Waals surface area contributed by atoms with Gasteiger partial charge in [0.2, 0.25) is 0 Å². The van der Waals surface area contributed by atoms with Gasteiger partial charge in [-0.1, -0.05) is 23.7 Å². The van der Waals surface area contributed by atoms with Crippen LogP contribution in [0, 0.1) is 0 Å². The second-order valence-electron chi connectivity index (χ2n) is 8.88. The first kappa shape index (κ1) is 20.4. The molecule has 6 rings (SSSR count). The maximum Gasteiger partial charge on any atom is 0.252 e. The Bertz CT molecular complexity index is 1390. The molecule has 8 heteroatoms. The molecule has 1 amide bonds. The van der Waals surface area contributed by atoms with E-state index in [0.717, 1.165) is 33.4 Å². The minimum absolute atomic E-state index is 0.00407. The van der Waals surface area contributed by atoms with Gasteiger partial charge in [-0.05, 0) is 67.5 Å². The summed E-state index contributed by atoms with van der Waals surface area (Å²) >= 11 is 12.2. The standard InChI is InChI=1S/C25H22ClN5OS/c1-14(2)30-24(32)21-12-19-18-11-16(26)5-8-20(18)28-22(19)23(31(21)25(30)33)15-3-6-17(7-4-15)29-10-9-27-13-29/h3-11,13-14,21,23,28H,12H2,1-2H3. The highest BCUT2D eigenvalue weighted by molar-refractivity contribution is 7.80. The molecule has 6 nitrogen and oxygen atoms in total. The van der Waals surface area contributed by atoms with E-state index < -0.39 is 0 Å². The number of benzene rings is 2. The number of aromatic nitrogens is 3. The number of amides is 1. The number of hydrogen-bond donors (Lipinski definition) is 1. The maximum absolute atomic E-state index is 13.5. The number of thiocarbonyl (C=S) groups is 1. The highest BCUT2D eigenvalue weighted by Gasteiger charge is 2.51. The number of imidazole rings is 1. The van der Waals surface area contributed by atoms with E-state index in [1.165, 1.54) is 0 Å². The fraction of sp³-hybridized carbons (Fsp3) is 0.240. The highest BCUT2D eigenvalue weighted by atomic mass is 35.5. The largest absolute Gasteiger partial charge is 0.356 e. The Morgan fingerprint density at radius 3 is 2.67 bits per heavy atom. The van der Waals surface area contributed by atoms with E-state index in [4.69, 9.17) is 23.8 Å². The van der Waals surface area contributed by atoms with Gasteiger partial charge in [0.25, 0.3) is 5.91 Å². The van der Waals surface area contributed by atoms with Gasteiger partial charge in [0.15, 0.2) is 5.11 Å². The molecule has 0 radical (unpaired) electrons. The van der Waals surface area contributed by atoms with Gasteiger partial charge in [-0.2, -0.15) is 0 Å². The molecule has 1 N–H and O–H groups in total. The van der Waals surface area contributed by atoms with Crippen LogP contribution < -0.4 is 0 Å². The lowest BCUT2D eigenvalue weighted by molar-refractivity contribution is -0.129. The van der Waals surface area contributed by atoms with Crippen molar-refractivity contribution < 1.29 is 4.79 Å². The third-order valence-electron chi connectivity index (χ3n) is 6.66. The van der Waals surface area contributed by atoms with E-state index >= 15 is 0 Å². The van der Waals surface area contributed by atoms with Crippen molar-refractivity contribution in [3.05, 3.63) is 83.0 Å². The number of aromatic amines is 1. The van der Waals surface area contributed by atoms with Crippen LogP contribution in [-0.4, -0.2) is 47.4 Å². The molecule has 0 saturated carbocycles. The normalized spacial score (nSPS) is 20.1. The van der Waals surface area contributed by atoms with E-state index in [1.807, 2.05) is 42.8 Å². The molecule has 33 heavy (non-hydrogen) atoms. The number of carbonyl (C=O) groups is 1. The number of carbonyl (C=O) groups excluding carboxylic acids is 1. The molecule has 2 atom stereocenters. The van der Waals surface area contributed by atoms with E-state index in [1.54, 1.807) is 17.4 Å². The van der Waals surface area contributed by atoms with Crippen molar-refractivity contribution in [3.63, 3.8) is 0 Å². The number of H-pyrrole nitrogens is 1. The monoisotopic (exact) mass is 475 g/mol. The lowest BCUT2D eigenvalue weighted by atomic mass is 9.89. The summed E-state index contributed by atoms with van der Waals surface area (Å²) in [6.07, 6.45) is 6.05. The van der Waals surface area contributed by atoms with Crippen LogP contribution in [0.4, 0.5) is 0 Å². The molecule has 166 valence electrons. The van der Waals surface area contributed by atoms with Crippen molar-refractivity contribution in [2.45, 2.75) is 38.4 Å². The molecule has 0 aliphatic carbocycles. The van der Waals surface area contributed by atoms with E-state index in [9.17, 15) is 4.79 Å². The smallest absolute Gasteiger partial charge is 0.252 e. The second kappa shape index (κ2) is 7.43. The fourth-order valence-electron chi connectivity index (χ4n) is 5.18. The summed E-state index contributed by atoms with van der Waals surface area (Å²) in [6.45, 7) is 4.01. The summed E-state index contributed by atoms with van der Waals surface area (Å²) in [7, 11) is 0. The van der Waals surface area contributed by atoms with Crippen LogP contribution in [0.2, 0.25) is 5.02 Å². The highest BCUT2D eigenvalue weighted by Crippen LogP contribution is 2.44. The molecular formula is C25H22ClN5OS. The summed E-state index contributed by atoms with van der Waals surface area (Å²) in [5.74, 6) is 0.0667. The number of nitrogens with one attached hydrogen (secondary N) is 1. The van der Waals surface area contributed by atoms with Crippen molar-refractivity contribution in [2.75, 3.05) is 0 Å². The van der Waals surface area contributed by atoms with Crippen LogP contribution in [-0.2, 0) is 11.2 Å². The molecule has 2 aliphatic heterocycles. The van der Waals surface area contributed by atoms with Crippen molar-refractivity contribution >= 4 is 45.7 Å². The SMILES string of the molecule is CC(C)N1C(=O)C2Cc3c([nH]c4ccc(Cl)cc34)C(c3ccc(-n4ccnc4)cc3)N2C1=S. The summed E-state index contributed by atoms with van der Waals surface area (Å²) in [5, 5.41) is 2.34. The van der Waals surface area contributed by atoms with Gasteiger partial charge in [0, 0.05) is 52.2 Å². The average molecular weight is 476 g/mol. The zero-order valence-electron chi connectivity index (χ0n) is 18.2. The lowest BCUT2D eigenvalue weighted by Crippen LogP contribution is -2.44. The zero-order chi connectivity index (χ0) is 22.9. The number of hydrogen-bond acceptors (Lipinski definition) is 3. The molecule has 2 unspecified atom stereocenters. The first-order valence-electron chi connectivity index (χ1n) is 11.0. The van der Waals surface area contributed by atoms with Gasteiger partial charge >= 0.3 is 0 Å². The molecule has 0 spiro atoms. The molecular weight excluding hydrogens is 454 g/mol. The van der Waals surface area contributed by atoms with Crippen molar-refractivity contribution in [2.24, 2.45) is 0 Å². The Morgan fingerprint density at radius 2 is 1.97 bits per heavy atom. The molecule has 4 heterocycles. The zero-order valence-corrected chi connectivity index (χ0v) is 19.8. The Morgan fingerprint density at radius 1 is 1.18 bits per heavy atom. The predicted octanol–water partition coefficient (Wildman–Crippen LogP) is 4.86. The summed E-state index contributed by atoms with van der Waals surface area (Å²) in [6, 6.07) is 13.7. The third-order valence-corrected chi connectivity index (χ3v) is 7.31. The number of halogens is 1. The first-order chi connectivity index (χ1) is 15.9. The third kappa shape index (κ3) is 3.03. The number of fused-ring (bicyclic) bond motifs is 4. The van der Waals surface area contributed by atoms with Gasteiger partial charge in [0.05, 0.1) is 12.4 Å². The van der Waals surface area contributed by atoms with E-state index in [-0.39, 0.29) is 24.0 Å². The Balaban J connectivity index is 1.53. The molecule has 1 saturated heterocycles. The molecule has 2 aromatic carbocycles. The van der Waals surface area contributed by atoms with Crippen LogP contribution in [0.3, 0.4) is 0 Å². The van der Waals surface area contributed by atoms with Gasteiger partial charge in [0.1, 0.15) is 6.04 Å². The minimum atomic E-state index is -0.330. The van der Waals surface area contributed by atoms with Crippen LogP contribution in [0.5, 0.6) is 0 Å². The quantitative estimate of drug-likeness (QED) is 0.430. The molecule has 0 bridgehead atoms. The van der Waals surface area contributed by atoms with Gasteiger partial charge in [-0.25, -0.2) is 4.98 Å². The summed E-state index contributed by atoms with van der Waals surface area (Å²) < 4.78 is 1.97. The van der Waals surface area contributed by atoms with Crippen LogP contribution in [0.1, 0.15) is 36.7 Å². The number of nitrogens with zero attached hydrogens (tertiary/aromatic N) is 4. The Kier molecular flexibility index (Phi) is 4.61. The minimum Gasteiger partial charge on any atom is -0.356 e. The van der Waals surface area contributed by atoms with Crippen LogP contribution in [0.15, 0.2) is 61.2 Å². The topological polar surface area (TPSA) is 57.2 Å². The Hall–Kier alpha value is -3.16. The number of rotatable bonds is 3. The predicted molar refractivity (Wildman–Crippen MR) is 133 cm³/mol. The Labute approximate surface area is 201 Å². The molecule has 4 aromatic rings. The lowest BCUT2D eigenvalue weighted by Gasteiger charge is -2.37. The van der Waals surface area contributed by atoms with Crippen LogP contribution >= 0.6 is 23.8 Å². The summed E-state index contributed by atoms with van der Waals surface area (Å²) in [5.41, 5.74) is 5.32. The van der Waals surface area contributed by atoms with Crippen molar-refractivity contribution in [1.29, 1.82) is 0 Å². The van der Waals surface area contributed by atoms with E-state index in [2.05, 4.69) is 39.1 Å². The van der Waals surface area contributed by atoms with Gasteiger partial charge in [-0.15, -0.1) is 0 Å². The second-order valence-corrected chi connectivity index (χ2v) is 9.68. The van der Waals surface area contributed by atoms with E-state index in [0.29, 0.717) is 16.6 Å². The van der Waals surface area contributed by atoms with Crippen molar-refractivity contribution in [3.8, 4) is 5.69 Å². The summed E-state index contributed by atoms with van der Waals surface area (Å²) in [4.78, 5) is 25.1. The van der Waals surface area contributed by atoms with Crippen molar-refractivity contribution in [1.82, 2.24) is 24.3 Å². The van der Waals surface area contributed by atoms with Gasteiger partial charge < -0.3 is 14.5 Å². The molecule has 2 aromatic heterocycles. The maximum atomic E-state index is 13.5. The average Bonchev–Trinajstić information content (AvgIpc) is 3.51. The molecule has 2 aliphatic rings. The molecule has 1 fully saturated rings.